The first-order valence-corrected chi connectivity index (χ1v) is 6.76. The van der Waals surface area contributed by atoms with Gasteiger partial charge in [-0.1, -0.05) is 53.4 Å². The van der Waals surface area contributed by atoms with Gasteiger partial charge in [0.15, 0.2) is 4.34 Å². The van der Waals surface area contributed by atoms with Crippen LogP contribution in [-0.2, 0) is 5.54 Å². The number of benzene rings is 1. The van der Waals surface area contributed by atoms with Crippen molar-refractivity contribution in [3.05, 3.63) is 41.4 Å². The smallest absolute Gasteiger partial charge is 0.174 e. The summed E-state index contributed by atoms with van der Waals surface area (Å²) in [5, 5.41) is 16.9. The molecule has 0 amide bonds. The minimum atomic E-state index is -0.988. The molecule has 0 aliphatic heterocycles. The Kier molecular flexibility index (Phi) is 3.74. The van der Waals surface area contributed by atoms with Gasteiger partial charge < -0.3 is 5.73 Å². The molecule has 2 N–H and O–H groups in total. The van der Waals surface area contributed by atoms with Gasteiger partial charge in [-0.2, -0.15) is 5.26 Å². The molecule has 1 heterocycles. The van der Waals surface area contributed by atoms with Crippen LogP contribution in [0.4, 0.5) is 0 Å². The third-order valence-corrected chi connectivity index (χ3v) is 4.31. The minimum absolute atomic E-state index is 0.461. The Bertz CT molecular complexity index is 506. The van der Waals surface area contributed by atoms with Crippen molar-refractivity contribution in [1.29, 1.82) is 5.26 Å². The van der Waals surface area contributed by atoms with Gasteiger partial charge in [-0.3, -0.25) is 0 Å². The highest BCUT2D eigenvalue weighted by atomic mass is 32.2. The lowest BCUT2D eigenvalue weighted by atomic mass is 9.95. The largest absolute Gasteiger partial charge is 0.309 e. The fraction of sp³-hybridized carbons (Fsp3) is 0.182. The number of rotatable bonds is 4. The summed E-state index contributed by atoms with van der Waals surface area (Å²) in [6, 6.07) is 11.6. The number of nitrogens with zero attached hydrogens (tertiary/aromatic N) is 3. The minimum Gasteiger partial charge on any atom is -0.309 e. The van der Waals surface area contributed by atoms with Crippen molar-refractivity contribution >= 4 is 23.1 Å². The van der Waals surface area contributed by atoms with Gasteiger partial charge in [0.1, 0.15) is 11.0 Å². The van der Waals surface area contributed by atoms with Crippen molar-refractivity contribution < 1.29 is 0 Å². The summed E-state index contributed by atoms with van der Waals surface area (Å²) in [7, 11) is 0. The van der Waals surface area contributed by atoms with Crippen molar-refractivity contribution in [3.8, 4) is 6.07 Å². The maximum atomic E-state index is 9.25. The quantitative estimate of drug-likeness (QED) is 0.853. The Morgan fingerprint density at radius 2 is 2.18 bits per heavy atom. The third-order valence-electron chi connectivity index (χ3n) is 2.25. The highest BCUT2D eigenvalue weighted by molar-refractivity contribution is 8.01. The van der Waals surface area contributed by atoms with Crippen LogP contribution < -0.4 is 5.73 Å². The molecule has 17 heavy (non-hydrogen) atoms. The summed E-state index contributed by atoms with van der Waals surface area (Å²) in [4.78, 5) is 0. The molecule has 0 fully saturated rings. The lowest BCUT2D eigenvalue weighted by Crippen LogP contribution is -2.37. The second-order valence-electron chi connectivity index (χ2n) is 3.44. The van der Waals surface area contributed by atoms with Gasteiger partial charge in [0, 0.05) is 5.75 Å². The van der Waals surface area contributed by atoms with E-state index < -0.39 is 5.54 Å². The summed E-state index contributed by atoms with van der Waals surface area (Å²) >= 11 is 2.90. The van der Waals surface area contributed by atoms with Gasteiger partial charge >= 0.3 is 0 Å². The van der Waals surface area contributed by atoms with Crippen LogP contribution in [0.5, 0.6) is 0 Å². The van der Waals surface area contributed by atoms with Crippen molar-refractivity contribution in [2.45, 2.75) is 9.88 Å². The number of nitrogens with two attached hydrogens (primary N) is 1. The molecule has 0 radical (unpaired) electrons. The number of aromatic nitrogens is 2. The molecule has 0 aliphatic carbocycles. The first-order chi connectivity index (χ1) is 8.24. The molecule has 1 atom stereocenters. The second-order valence-corrected chi connectivity index (χ2v) is 5.50. The second kappa shape index (κ2) is 5.27. The van der Waals surface area contributed by atoms with E-state index in [0.29, 0.717) is 5.75 Å². The molecule has 86 valence electrons. The van der Waals surface area contributed by atoms with Crippen molar-refractivity contribution in [2.24, 2.45) is 5.73 Å². The average molecular weight is 262 g/mol. The molecule has 0 saturated carbocycles. The molecule has 2 aromatic rings. The van der Waals surface area contributed by atoms with Crippen LogP contribution in [0.2, 0.25) is 0 Å². The van der Waals surface area contributed by atoms with Crippen LogP contribution in [0.25, 0.3) is 0 Å². The molecule has 1 aromatic heterocycles. The monoisotopic (exact) mass is 262 g/mol. The first kappa shape index (κ1) is 12.0. The van der Waals surface area contributed by atoms with E-state index in [4.69, 9.17) is 5.73 Å². The van der Waals surface area contributed by atoms with Crippen LogP contribution >= 0.6 is 23.1 Å². The van der Waals surface area contributed by atoms with E-state index in [-0.39, 0.29) is 0 Å². The highest BCUT2D eigenvalue weighted by Gasteiger charge is 2.27. The maximum absolute atomic E-state index is 9.25. The molecule has 1 unspecified atom stereocenters. The summed E-state index contributed by atoms with van der Waals surface area (Å²) in [5.74, 6) is 0.461. The Hall–Kier alpha value is -1.42. The molecule has 0 bridgehead atoms. The summed E-state index contributed by atoms with van der Waals surface area (Å²) in [6.07, 6.45) is 0. The zero-order valence-electron chi connectivity index (χ0n) is 8.91. The third kappa shape index (κ3) is 2.82. The van der Waals surface area contributed by atoms with Gasteiger partial charge in [0.25, 0.3) is 0 Å². The molecule has 2 rings (SSSR count). The van der Waals surface area contributed by atoms with Crippen LogP contribution in [0.15, 0.2) is 40.2 Å². The van der Waals surface area contributed by atoms with Crippen molar-refractivity contribution in [3.63, 3.8) is 0 Å². The van der Waals surface area contributed by atoms with Crippen molar-refractivity contribution in [1.82, 2.24) is 10.2 Å². The van der Waals surface area contributed by atoms with Crippen molar-refractivity contribution in [2.75, 3.05) is 5.75 Å². The number of thioether (sulfide) groups is 1. The fourth-order valence-corrected chi connectivity index (χ4v) is 2.86. The molecule has 0 aliphatic rings. The van der Waals surface area contributed by atoms with E-state index in [0.717, 1.165) is 9.90 Å². The summed E-state index contributed by atoms with van der Waals surface area (Å²) < 4.78 is 0.825. The molecule has 0 spiro atoms. The lowest BCUT2D eigenvalue weighted by Gasteiger charge is -2.20. The molecular formula is C11H10N4S2. The maximum Gasteiger partial charge on any atom is 0.174 e. The van der Waals surface area contributed by atoms with Gasteiger partial charge in [0.2, 0.25) is 0 Å². The van der Waals surface area contributed by atoms with Crippen LogP contribution in [0.1, 0.15) is 5.56 Å². The van der Waals surface area contributed by atoms with Crippen LogP contribution in [0, 0.1) is 11.3 Å². The zero-order chi connectivity index (χ0) is 12.1. The van der Waals surface area contributed by atoms with E-state index in [9.17, 15) is 5.26 Å². The van der Waals surface area contributed by atoms with E-state index in [1.54, 1.807) is 5.51 Å². The van der Waals surface area contributed by atoms with Gasteiger partial charge in [-0.05, 0) is 5.56 Å². The topological polar surface area (TPSA) is 75.6 Å². The highest BCUT2D eigenvalue weighted by Crippen LogP contribution is 2.27. The van der Waals surface area contributed by atoms with Gasteiger partial charge in [-0.15, -0.1) is 10.2 Å². The predicted octanol–water partition coefficient (Wildman–Crippen LogP) is 2.01. The zero-order valence-corrected chi connectivity index (χ0v) is 10.5. The molecular weight excluding hydrogens is 252 g/mol. The normalized spacial score (nSPS) is 13.9. The van der Waals surface area contributed by atoms with E-state index in [1.807, 2.05) is 30.3 Å². The standard InChI is InChI=1S/C11H10N4S2/c12-6-11(13,9-4-2-1-3-5-9)7-16-10-15-14-8-17-10/h1-5,8H,7,13H2. The summed E-state index contributed by atoms with van der Waals surface area (Å²) in [5.41, 5.74) is 7.60. The average Bonchev–Trinajstić information content (AvgIpc) is 2.90. The molecule has 6 heteroatoms. The Labute approximate surface area is 107 Å². The van der Waals surface area contributed by atoms with Gasteiger partial charge in [-0.25, -0.2) is 0 Å². The van der Waals surface area contributed by atoms with Gasteiger partial charge in [0.05, 0.1) is 6.07 Å². The molecule has 4 nitrogen and oxygen atoms in total. The number of hydrogen-bond donors (Lipinski definition) is 1. The van der Waals surface area contributed by atoms with E-state index >= 15 is 0 Å². The first-order valence-electron chi connectivity index (χ1n) is 4.89. The predicted molar refractivity (Wildman–Crippen MR) is 68.6 cm³/mol. The molecule has 0 saturated heterocycles. The van der Waals surface area contributed by atoms with Crippen LogP contribution in [-0.4, -0.2) is 16.0 Å². The fourth-order valence-electron chi connectivity index (χ4n) is 1.32. The number of hydrogen-bond acceptors (Lipinski definition) is 6. The van der Waals surface area contributed by atoms with E-state index in [2.05, 4.69) is 16.3 Å². The lowest BCUT2D eigenvalue weighted by molar-refractivity contribution is 0.658. The SMILES string of the molecule is N#CC(N)(CSc1nncs1)c1ccccc1. The Balaban J connectivity index is 2.13. The number of nitriles is 1. The Morgan fingerprint density at radius 1 is 1.41 bits per heavy atom. The van der Waals surface area contributed by atoms with Crippen LogP contribution in [0.3, 0.4) is 0 Å². The van der Waals surface area contributed by atoms with E-state index in [1.165, 1.54) is 23.1 Å². The Morgan fingerprint density at radius 3 is 2.76 bits per heavy atom. The molecule has 1 aromatic carbocycles. The summed E-state index contributed by atoms with van der Waals surface area (Å²) in [6.45, 7) is 0.